The molecule has 0 spiro atoms. The Morgan fingerprint density at radius 3 is 2.68 bits per heavy atom. The SMILES string of the molecule is Cc1ccc(O)c(C(=O)NCCCC(C)(C)CO)c1. The van der Waals surface area contributed by atoms with Crippen LogP contribution in [-0.2, 0) is 0 Å². The van der Waals surface area contributed by atoms with Crippen molar-refractivity contribution in [2.75, 3.05) is 13.2 Å². The summed E-state index contributed by atoms with van der Waals surface area (Å²) in [6.45, 7) is 6.53. The molecule has 0 heterocycles. The summed E-state index contributed by atoms with van der Waals surface area (Å²) in [5, 5.41) is 21.5. The molecular formula is C15H23NO3. The fourth-order valence-electron chi connectivity index (χ4n) is 1.77. The summed E-state index contributed by atoms with van der Waals surface area (Å²) in [7, 11) is 0. The van der Waals surface area contributed by atoms with Crippen LogP contribution in [0.1, 0.15) is 42.6 Å². The van der Waals surface area contributed by atoms with E-state index in [0.717, 1.165) is 18.4 Å². The normalized spacial score (nSPS) is 11.4. The van der Waals surface area contributed by atoms with E-state index in [4.69, 9.17) is 5.11 Å². The average Bonchev–Trinajstić information content (AvgIpc) is 2.37. The van der Waals surface area contributed by atoms with Crippen LogP contribution in [0.2, 0.25) is 0 Å². The van der Waals surface area contributed by atoms with Gasteiger partial charge in [-0.3, -0.25) is 4.79 Å². The van der Waals surface area contributed by atoms with E-state index in [0.29, 0.717) is 12.1 Å². The first-order valence-electron chi connectivity index (χ1n) is 6.54. The Kier molecular flexibility index (Phi) is 5.36. The van der Waals surface area contributed by atoms with Gasteiger partial charge in [-0.25, -0.2) is 0 Å². The highest BCUT2D eigenvalue weighted by atomic mass is 16.3. The number of aliphatic hydroxyl groups is 1. The molecular weight excluding hydrogens is 242 g/mol. The monoisotopic (exact) mass is 265 g/mol. The average molecular weight is 265 g/mol. The molecule has 0 unspecified atom stereocenters. The number of hydrogen-bond donors (Lipinski definition) is 3. The van der Waals surface area contributed by atoms with Crippen LogP contribution < -0.4 is 5.32 Å². The van der Waals surface area contributed by atoms with Gasteiger partial charge in [0.1, 0.15) is 5.75 Å². The fraction of sp³-hybridized carbons (Fsp3) is 0.533. The Morgan fingerprint density at radius 2 is 2.05 bits per heavy atom. The van der Waals surface area contributed by atoms with Crippen LogP contribution in [0.4, 0.5) is 0 Å². The third-order valence-corrected chi connectivity index (χ3v) is 3.14. The summed E-state index contributed by atoms with van der Waals surface area (Å²) in [5.74, 6) is -0.262. The smallest absolute Gasteiger partial charge is 0.255 e. The minimum atomic E-state index is -0.261. The minimum absolute atomic E-state index is 0.00112. The molecule has 0 saturated carbocycles. The molecule has 4 nitrogen and oxygen atoms in total. The van der Waals surface area contributed by atoms with Gasteiger partial charge >= 0.3 is 0 Å². The molecule has 106 valence electrons. The number of benzene rings is 1. The van der Waals surface area contributed by atoms with Crippen molar-refractivity contribution in [3.8, 4) is 5.75 Å². The molecule has 0 fully saturated rings. The number of aromatic hydroxyl groups is 1. The summed E-state index contributed by atoms with van der Waals surface area (Å²) in [6, 6.07) is 4.96. The number of aryl methyl sites for hydroxylation is 1. The maximum Gasteiger partial charge on any atom is 0.255 e. The highest BCUT2D eigenvalue weighted by molar-refractivity contribution is 5.96. The van der Waals surface area contributed by atoms with Gasteiger partial charge in [-0.05, 0) is 37.3 Å². The molecule has 0 saturated heterocycles. The molecule has 1 aromatic rings. The van der Waals surface area contributed by atoms with Gasteiger partial charge in [0.25, 0.3) is 5.91 Å². The van der Waals surface area contributed by atoms with E-state index >= 15 is 0 Å². The van der Waals surface area contributed by atoms with Gasteiger partial charge in [0, 0.05) is 13.2 Å². The van der Waals surface area contributed by atoms with Gasteiger partial charge < -0.3 is 15.5 Å². The Morgan fingerprint density at radius 1 is 1.37 bits per heavy atom. The molecule has 0 aliphatic rings. The molecule has 0 aliphatic carbocycles. The van der Waals surface area contributed by atoms with Gasteiger partial charge in [0.2, 0.25) is 0 Å². The lowest BCUT2D eigenvalue weighted by atomic mass is 9.89. The van der Waals surface area contributed by atoms with Gasteiger partial charge in [-0.1, -0.05) is 25.5 Å². The Bertz CT molecular complexity index is 441. The quantitative estimate of drug-likeness (QED) is 0.691. The molecule has 0 aromatic heterocycles. The number of amides is 1. The number of carbonyl (C=O) groups excluding carboxylic acids is 1. The van der Waals surface area contributed by atoms with E-state index in [-0.39, 0.29) is 23.7 Å². The number of carbonyl (C=O) groups is 1. The number of nitrogens with one attached hydrogen (secondary N) is 1. The van der Waals surface area contributed by atoms with Crippen molar-refractivity contribution in [2.45, 2.75) is 33.6 Å². The highest BCUT2D eigenvalue weighted by Gasteiger charge is 2.16. The van der Waals surface area contributed by atoms with Crippen molar-refractivity contribution in [2.24, 2.45) is 5.41 Å². The second-order valence-corrected chi connectivity index (χ2v) is 5.70. The lowest BCUT2D eigenvalue weighted by molar-refractivity contribution is 0.0946. The van der Waals surface area contributed by atoms with Gasteiger partial charge in [0.15, 0.2) is 0 Å². The number of hydrogen-bond acceptors (Lipinski definition) is 3. The van der Waals surface area contributed by atoms with Crippen molar-refractivity contribution in [3.63, 3.8) is 0 Å². The van der Waals surface area contributed by atoms with E-state index in [1.54, 1.807) is 12.1 Å². The first-order chi connectivity index (χ1) is 8.85. The number of aliphatic hydroxyl groups excluding tert-OH is 1. The lowest BCUT2D eigenvalue weighted by Gasteiger charge is -2.21. The number of phenols is 1. The van der Waals surface area contributed by atoms with E-state index in [1.807, 2.05) is 20.8 Å². The first kappa shape index (κ1) is 15.5. The number of phenolic OH excluding ortho intramolecular Hbond substituents is 1. The van der Waals surface area contributed by atoms with Gasteiger partial charge in [-0.2, -0.15) is 0 Å². The predicted octanol–water partition coefficient (Wildman–Crippen LogP) is 2.23. The van der Waals surface area contributed by atoms with Crippen molar-refractivity contribution >= 4 is 5.91 Å². The van der Waals surface area contributed by atoms with E-state index in [9.17, 15) is 9.90 Å². The standard InChI is InChI=1S/C15H23NO3/c1-11-5-6-13(18)12(9-11)14(19)16-8-4-7-15(2,3)10-17/h5-6,9,17-18H,4,7-8,10H2,1-3H3,(H,16,19). The second kappa shape index (κ2) is 6.57. The predicted molar refractivity (Wildman–Crippen MR) is 75.3 cm³/mol. The van der Waals surface area contributed by atoms with Crippen LogP contribution in [-0.4, -0.2) is 29.3 Å². The summed E-state index contributed by atoms with van der Waals surface area (Å²) in [4.78, 5) is 11.9. The minimum Gasteiger partial charge on any atom is -0.507 e. The van der Waals surface area contributed by atoms with Gasteiger partial charge in [-0.15, -0.1) is 0 Å². The molecule has 0 bridgehead atoms. The topological polar surface area (TPSA) is 69.6 Å². The number of rotatable bonds is 6. The van der Waals surface area contributed by atoms with Crippen LogP contribution in [0.3, 0.4) is 0 Å². The summed E-state index contributed by atoms with van der Waals surface area (Å²) >= 11 is 0. The molecule has 19 heavy (non-hydrogen) atoms. The molecule has 0 radical (unpaired) electrons. The zero-order valence-electron chi connectivity index (χ0n) is 11.9. The van der Waals surface area contributed by atoms with Gasteiger partial charge in [0.05, 0.1) is 5.56 Å². The molecule has 3 N–H and O–H groups in total. The Balaban J connectivity index is 2.46. The Hall–Kier alpha value is -1.55. The Labute approximate surface area is 114 Å². The maximum absolute atomic E-state index is 11.9. The summed E-state index contributed by atoms with van der Waals surface area (Å²) in [6.07, 6.45) is 1.63. The molecule has 1 aromatic carbocycles. The second-order valence-electron chi connectivity index (χ2n) is 5.70. The molecule has 1 amide bonds. The van der Waals surface area contributed by atoms with Crippen molar-refractivity contribution < 1.29 is 15.0 Å². The third kappa shape index (κ3) is 4.91. The van der Waals surface area contributed by atoms with Crippen LogP contribution in [0.5, 0.6) is 5.75 Å². The van der Waals surface area contributed by atoms with Crippen LogP contribution in [0.25, 0.3) is 0 Å². The zero-order chi connectivity index (χ0) is 14.5. The van der Waals surface area contributed by atoms with Crippen molar-refractivity contribution in [1.29, 1.82) is 0 Å². The molecule has 0 atom stereocenters. The van der Waals surface area contributed by atoms with Crippen LogP contribution in [0.15, 0.2) is 18.2 Å². The van der Waals surface area contributed by atoms with E-state index in [1.165, 1.54) is 6.07 Å². The summed E-state index contributed by atoms with van der Waals surface area (Å²) in [5.41, 5.74) is 1.13. The fourth-order valence-corrected chi connectivity index (χ4v) is 1.77. The van der Waals surface area contributed by atoms with Crippen molar-refractivity contribution in [1.82, 2.24) is 5.32 Å². The van der Waals surface area contributed by atoms with Crippen LogP contribution >= 0.6 is 0 Å². The van der Waals surface area contributed by atoms with Crippen LogP contribution in [0, 0.1) is 12.3 Å². The molecule has 0 aliphatic heterocycles. The molecule has 4 heteroatoms. The largest absolute Gasteiger partial charge is 0.507 e. The zero-order valence-corrected chi connectivity index (χ0v) is 11.9. The molecule has 1 rings (SSSR count). The third-order valence-electron chi connectivity index (χ3n) is 3.14. The van der Waals surface area contributed by atoms with Crippen molar-refractivity contribution in [3.05, 3.63) is 29.3 Å². The lowest BCUT2D eigenvalue weighted by Crippen LogP contribution is -2.26. The van der Waals surface area contributed by atoms with E-state index in [2.05, 4.69) is 5.32 Å². The van der Waals surface area contributed by atoms with E-state index < -0.39 is 0 Å². The maximum atomic E-state index is 11.9. The summed E-state index contributed by atoms with van der Waals surface area (Å²) < 4.78 is 0. The highest BCUT2D eigenvalue weighted by Crippen LogP contribution is 2.21. The first-order valence-corrected chi connectivity index (χ1v) is 6.54.